The molecular formula is C12H11N3O2. The van der Waals surface area contributed by atoms with Crippen LogP contribution in [0.5, 0.6) is 0 Å². The molecule has 2 heterocycles. The minimum atomic E-state index is -0.382. The Labute approximate surface area is 96.8 Å². The quantitative estimate of drug-likeness (QED) is 0.833. The molecule has 1 saturated carbocycles. The van der Waals surface area contributed by atoms with Crippen LogP contribution in [0, 0.1) is 0 Å². The first-order valence-corrected chi connectivity index (χ1v) is 5.53. The Morgan fingerprint density at radius 3 is 2.76 bits per heavy atom. The van der Waals surface area contributed by atoms with Crippen LogP contribution in [0.15, 0.2) is 40.1 Å². The number of pyridine rings is 1. The lowest BCUT2D eigenvalue weighted by Gasteiger charge is -2.09. The van der Waals surface area contributed by atoms with E-state index in [-0.39, 0.29) is 17.3 Å². The highest BCUT2D eigenvalue weighted by atomic mass is 16.2. The molecular weight excluding hydrogens is 218 g/mol. The molecule has 0 aliphatic heterocycles. The fraction of sp³-hybridized carbons (Fsp3) is 0.250. The topological polar surface area (TPSA) is 67.8 Å². The zero-order valence-electron chi connectivity index (χ0n) is 9.09. The minimum Gasteiger partial charge on any atom is -0.289 e. The molecule has 0 saturated heterocycles. The Balaban J connectivity index is 2.28. The number of hydrogen-bond donors (Lipinski definition) is 1. The average molecular weight is 229 g/mol. The molecule has 2 aromatic heterocycles. The molecule has 0 atom stereocenters. The summed E-state index contributed by atoms with van der Waals surface area (Å²) < 4.78 is 1.63. The van der Waals surface area contributed by atoms with E-state index in [2.05, 4.69) is 9.97 Å². The molecule has 5 heteroatoms. The largest absolute Gasteiger partial charge is 0.329 e. The first-order valence-electron chi connectivity index (χ1n) is 5.53. The van der Waals surface area contributed by atoms with E-state index in [1.807, 2.05) is 6.07 Å². The predicted molar refractivity (Wildman–Crippen MR) is 62.8 cm³/mol. The van der Waals surface area contributed by atoms with Crippen LogP contribution in [-0.2, 0) is 0 Å². The van der Waals surface area contributed by atoms with Crippen LogP contribution in [0.3, 0.4) is 0 Å². The monoisotopic (exact) mass is 229 g/mol. The summed E-state index contributed by atoms with van der Waals surface area (Å²) in [6.07, 6.45) is 3.61. The van der Waals surface area contributed by atoms with Gasteiger partial charge >= 0.3 is 5.69 Å². The van der Waals surface area contributed by atoms with Crippen LogP contribution in [0.1, 0.15) is 18.9 Å². The maximum absolute atomic E-state index is 11.8. The maximum Gasteiger partial charge on any atom is 0.329 e. The van der Waals surface area contributed by atoms with Gasteiger partial charge in [0.25, 0.3) is 5.56 Å². The van der Waals surface area contributed by atoms with Gasteiger partial charge in [0.2, 0.25) is 0 Å². The number of nitrogens with zero attached hydrogens (tertiary/aromatic N) is 2. The predicted octanol–water partition coefficient (Wildman–Crippen LogP) is 0.933. The van der Waals surface area contributed by atoms with Gasteiger partial charge in [-0.05, 0) is 25.0 Å². The van der Waals surface area contributed by atoms with E-state index in [4.69, 9.17) is 0 Å². The number of nitrogens with one attached hydrogen (secondary N) is 1. The lowest BCUT2D eigenvalue weighted by atomic mass is 10.2. The summed E-state index contributed by atoms with van der Waals surface area (Å²) in [6, 6.07) is 7.08. The Morgan fingerprint density at radius 1 is 1.29 bits per heavy atom. The van der Waals surface area contributed by atoms with E-state index in [1.165, 1.54) is 6.07 Å². The molecule has 2 aromatic rings. The average Bonchev–Trinajstić information content (AvgIpc) is 3.13. The van der Waals surface area contributed by atoms with E-state index >= 15 is 0 Å². The van der Waals surface area contributed by atoms with Crippen molar-refractivity contribution in [3.8, 4) is 11.4 Å². The molecule has 0 aromatic carbocycles. The summed E-state index contributed by atoms with van der Waals surface area (Å²) in [5.41, 5.74) is 0.526. The summed E-state index contributed by atoms with van der Waals surface area (Å²) in [5, 5.41) is 0. The van der Waals surface area contributed by atoms with Crippen molar-refractivity contribution in [3.05, 3.63) is 51.3 Å². The molecule has 0 radical (unpaired) electrons. The highest BCUT2D eigenvalue weighted by molar-refractivity contribution is 5.53. The van der Waals surface area contributed by atoms with Crippen molar-refractivity contribution in [2.45, 2.75) is 18.9 Å². The van der Waals surface area contributed by atoms with Gasteiger partial charge in [-0.3, -0.25) is 19.3 Å². The highest BCUT2D eigenvalue weighted by Gasteiger charge is 2.27. The fourth-order valence-electron chi connectivity index (χ4n) is 1.91. The van der Waals surface area contributed by atoms with Crippen molar-refractivity contribution in [1.82, 2.24) is 14.5 Å². The van der Waals surface area contributed by atoms with Crippen LogP contribution >= 0.6 is 0 Å². The molecule has 5 nitrogen and oxygen atoms in total. The van der Waals surface area contributed by atoms with Crippen LogP contribution < -0.4 is 11.2 Å². The second-order valence-electron chi connectivity index (χ2n) is 4.14. The summed E-state index contributed by atoms with van der Waals surface area (Å²) >= 11 is 0. The number of H-pyrrole nitrogens is 1. The van der Waals surface area contributed by atoms with Gasteiger partial charge in [0.05, 0.1) is 11.4 Å². The second kappa shape index (κ2) is 3.69. The lowest BCUT2D eigenvalue weighted by Crippen LogP contribution is -2.30. The molecule has 3 rings (SSSR count). The maximum atomic E-state index is 11.8. The smallest absolute Gasteiger partial charge is 0.289 e. The molecule has 17 heavy (non-hydrogen) atoms. The van der Waals surface area contributed by atoms with Crippen molar-refractivity contribution < 1.29 is 0 Å². The number of rotatable bonds is 2. The third kappa shape index (κ3) is 1.80. The Hall–Kier alpha value is -2.17. The molecule has 86 valence electrons. The normalized spacial score (nSPS) is 14.8. The van der Waals surface area contributed by atoms with Crippen LogP contribution in [0.25, 0.3) is 11.4 Å². The van der Waals surface area contributed by atoms with Crippen molar-refractivity contribution in [3.63, 3.8) is 0 Å². The molecule has 1 aliphatic rings. The standard InChI is InChI=1S/C12H11N3O2/c16-11-7-10(9-3-1-2-6-13-9)15(8-4-5-8)12(17)14-11/h1-3,6-8H,4-5H2,(H,14,16,17). The van der Waals surface area contributed by atoms with Gasteiger partial charge in [-0.15, -0.1) is 0 Å². The van der Waals surface area contributed by atoms with Crippen LogP contribution in [0.4, 0.5) is 0 Å². The molecule has 1 fully saturated rings. The van der Waals surface area contributed by atoms with E-state index < -0.39 is 0 Å². The first-order chi connectivity index (χ1) is 8.25. The Bertz CT molecular complexity index is 653. The molecule has 0 unspecified atom stereocenters. The number of aromatic nitrogens is 3. The summed E-state index contributed by atoms with van der Waals surface area (Å²) in [4.78, 5) is 29.7. The van der Waals surface area contributed by atoms with Gasteiger partial charge in [0, 0.05) is 18.3 Å². The third-order valence-corrected chi connectivity index (χ3v) is 2.82. The minimum absolute atomic E-state index is 0.205. The van der Waals surface area contributed by atoms with Gasteiger partial charge in [-0.25, -0.2) is 4.79 Å². The van der Waals surface area contributed by atoms with Crippen LogP contribution in [0.2, 0.25) is 0 Å². The SMILES string of the molecule is O=c1cc(-c2ccccn2)n(C2CC2)c(=O)[nH]1. The van der Waals surface area contributed by atoms with Crippen molar-refractivity contribution in [2.75, 3.05) is 0 Å². The number of aromatic amines is 1. The van der Waals surface area contributed by atoms with E-state index in [0.717, 1.165) is 12.8 Å². The highest BCUT2D eigenvalue weighted by Crippen LogP contribution is 2.35. The molecule has 0 bridgehead atoms. The zero-order chi connectivity index (χ0) is 11.8. The fourth-order valence-corrected chi connectivity index (χ4v) is 1.91. The molecule has 1 N–H and O–H groups in total. The Kier molecular flexibility index (Phi) is 2.18. The van der Waals surface area contributed by atoms with Crippen molar-refractivity contribution >= 4 is 0 Å². The zero-order valence-corrected chi connectivity index (χ0v) is 9.09. The third-order valence-electron chi connectivity index (χ3n) is 2.82. The van der Waals surface area contributed by atoms with E-state index in [1.54, 1.807) is 22.9 Å². The van der Waals surface area contributed by atoms with Crippen molar-refractivity contribution in [1.29, 1.82) is 0 Å². The molecule has 1 aliphatic carbocycles. The van der Waals surface area contributed by atoms with Gasteiger partial charge in [0.15, 0.2) is 0 Å². The van der Waals surface area contributed by atoms with Gasteiger partial charge < -0.3 is 0 Å². The van der Waals surface area contributed by atoms with Crippen molar-refractivity contribution in [2.24, 2.45) is 0 Å². The second-order valence-corrected chi connectivity index (χ2v) is 4.14. The van der Waals surface area contributed by atoms with Gasteiger partial charge in [0.1, 0.15) is 0 Å². The van der Waals surface area contributed by atoms with E-state index in [9.17, 15) is 9.59 Å². The van der Waals surface area contributed by atoms with Gasteiger partial charge in [-0.2, -0.15) is 0 Å². The lowest BCUT2D eigenvalue weighted by molar-refractivity contribution is 0.682. The summed E-state index contributed by atoms with van der Waals surface area (Å²) in [5.74, 6) is 0. The van der Waals surface area contributed by atoms with Crippen LogP contribution in [-0.4, -0.2) is 14.5 Å². The summed E-state index contributed by atoms with van der Waals surface area (Å²) in [6.45, 7) is 0. The van der Waals surface area contributed by atoms with Gasteiger partial charge in [-0.1, -0.05) is 6.07 Å². The summed E-state index contributed by atoms with van der Waals surface area (Å²) in [7, 11) is 0. The molecule has 0 spiro atoms. The molecule has 0 amide bonds. The number of hydrogen-bond acceptors (Lipinski definition) is 3. The first kappa shape index (κ1) is 10.0. The van der Waals surface area contributed by atoms with E-state index in [0.29, 0.717) is 11.4 Å². The Morgan fingerprint density at radius 2 is 2.12 bits per heavy atom.